The summed E-state index contributed by atoms with van der Waals surface area (Å²) in [4.78, 5) is 14.1. The fraction of sp³-hybridized carbons (Fsp3) is 0.435. The van der Waals surface area contributed by atoms with Crippen molar-refractivity contribution in [3.8, 4) is 0 Å². The van der Waals surface area contributed by atoms with Gasteiger partial charge in [-0.15, -0.1) is 0 Å². The van der Waals surface area contributed by atoms with E-state index in [2.05, 4.69) is 0 Å². The largest absolute Gasteiger partial charge is 0.395 e. The highest BCUT2D eigenvalue weighted by atomic mass is 35.5. The van der Waals surface area contributed by atoms with Gasteiger partial charge in [0.1, 0.15) is 5.82 Å². The molecule has 0 spiro atoms. The second-order valence-electron chi connectivity index (χ2n) is 7.98. The topological polar surface area (TPSA) is 87.2 Å². The molecule has 0 aliphatic rings. The molecule has 0 aliphatic heterocycles. The Morgan fingerprint density at radius 2 is 1.73 bits per heavy atom. The zero-order valence-corrected chi connectivity index (χ0v) is 20.7. The number of carbonyl (C=O) groups excluding carboxylic acids is 1. The monoisotopic (exact) mass is 500 g/mol. The minimum absolute atomic E-state index is 0.0346. The summed E-state index contributed by atoms with van der Waals surface area (Å²) in [5.74, 6) is -1.48. The van der Waals surface area contributed by atoms with E-state index in [1.807, 2.05) is 0 Å². The number of sulfonamides is 1. The van der Waals surface area contributed by atoms with Gasteiger partial charge in [0.05, 0.1) is 23.2 Å². The van der Waals surface area contributed by atoms with Gasteiger partial charge in [0.25, 0.3) is 5.91 Å². The quantitative estimate of drug-likeness (QED) is 0.511. The summed E-state index contributed by atoms with van der Waals surface area (Å²) in [5, 5.41) is 10.1. The maximum absolute atomic E-state index is 14.0. The van der Waals surface area contributed by atoms with Crippen LogP contribution in [0, 0.1) is 11.7 Å². The second kappa shape index (κ2) is 11.9. The van der Waals surface area contributed by atoms with Gasteiger partial charge < -0.3 is 14.7 Å². The summed E-state index contributed by atoms with van der Waals surface area (Å²) in [7, 11) is -0.928. The molecule has 10 heteroatoms. The molecule has 2 aromatic rings. The molecule has 0 unspecified atom stereocenters. The van der Waals surface area contributed by atoms with Gasteiger partial charge in [-0.05, 0) is 49.2 Å². The first-order chi connectivity index (χ1) is 15.5. The lowest BCUT2D eigenvalue weighted by Crippen LogP contribution is -2.47. The van der Waals surface area contributed by atoms with Crippen LogP contribution in [0.2, 0.25) is 5.02 Å². The number of hydrogen-bond acceptors (Lipinski definition) is 5. The Balaban J connectivity index is 2.21. The maximum atomic E-state index is 14.0. The van der Waals surface area contributed by atoms with Crippen molar-refractivity contribution in [2.75, 3.05) is 33.9 Å². The number of hydrogen-bond donors (Lipinski definition) is 1. The van der Waals surface area contributed by atoms with Gasteiger partial charge >= 0.3 is 0 Å². The molecule has 0 heterocycles. The van der Waals surface area contributed by atoms with Crippen LogP contribution in [0.3, 0.4) is 0 Å². The van der Waals surface area contributed by atoms with Gasteiger partial charge in [-0.3, -0.25) is 4.79 Å². The Morgan fingerprint density at radius 3 is 2.27 bits per heavy atom. The van der Waals surface area contributed by atoms with Crippen LogP contribution in [0.5, 0.6) is 0 Å². The van der Waals surface area contributed by atoms with Crippen LogP contribution in [-0.2, 0) is 14.8 Å². The number of halogens is 2. The third-order valence-electron chi connectivity index (χ3n) is 5.49. The van der Waals surface area contributed by atoms with E-state index in [0.29, 0.717) is 5.02 Å². The average Bonchev–Trinajstić information content (AvgIpc) is 2.80. The number of carbonyl (C=O) groups is 1. The lowest BCUT2D eigenvalue weighted by Gasteiger charge is -2.33. The molecule has 2 aromatic carbocycles. The number of rotatable bonds is 11. The average molecular weight is 501 g/mol. The van der Waals surface area contributed by atoms with E-state index >= 15 is 0 Å². The first kappa shape index (κ1) is 27.2. The van der Waals surface area contributed by atoms with Gasteiger partial charge in [-0.1, -0.05) is 30.7 Å². The molecule has 0 fully saturated rings. The van der Waals surface area contributed by atoms with Crippen molar-refractivity contribution in [3.05, 3.63) is 64.9 Å². The maximum Gasteiger partial charge on any atom is 0.256 e. The molecule has 2 rings (SSSR count). The SMILES string of the molecule is CO[C@H](CN(C)C(=O)c1ccccc1F)[C@H](C)CN([C@H](C)CO)S(=O)(=O)c1ccc(Cl)cc1. The minimum Gasteiger partial charge on any atom is -0.395 e. The van der Waals surface area contributed by atoms with E-state index in [9.17, 15) is 22.7 Å². The van der Waals surface area contributed by atoms with Crippen LogP contribution in [0.15, 0.2) is 53.4 Å². The van der Waals surface area contributed by atoms with Crippen molar-refractivity contribution < 1.29 is 27.4 Å². The van der Waals surface area contributed by atoms with Gasteiger partial charge in [-0.2, -0.15) is 4.31 Å². The molecule has 3 atom stereocenters. The normalized spacial score (nSPS) is 14.7. The molecular weight excluding hydrogens is 471 g/mol. The van der Waals surface area contributed by atoms with Gasteiger partial charge in [-0.25, -0.2) is 12.8 Å². The van der Waals surface area contributed by atoms with Gasteiger partial charge in [0, 0.05) is 38.3 Å². The van der Waals surface area contributed by atoms with Crippen LogP contribution in [0.4, 0.5) is 4.39 Å². The molecule has 182 valence electrons. The second-order valence-corrected chi connectivity index (χ2v) is 10.3. The Kier molecular flexibility index (Phi) is 9.81. The number of ether oxygens (including phenoxy) is 1. The first-order valence-corrected chi connectivity index (χ1v) is 12.3. The van der Waals surface area contributed by atoms with E-state index in [1.165, 1.54) is 65.8 Å². The highest BCUT2D eigenvalue weighted by Crippen LogP contribution is 2.23. The molecule has 0 radical (unpaired) electrons. The van der Waals surface area contributed by atoms with Gasteiger partial charge in [0.2, 0.25) is 10.0 Å². The van der Waals surface area contributed by atoms with Crippen LogP contribution in [0.1, 0.15) is 24.2 Å². The predicted molar refractivity (Wildman–Crippen MR) is 125 cm³/mol. The third-order valence-corrected chi connectivity index (χ3v) is 7.73. The minimum atomic E-state index is -3.93. The number of aliphatic hydroxyl groups is 1. The fourth-order valence-corrected chi connectivity index (χ4v) is 5.28. The van der Waals surface area contributed by atoms with Crippen molar-refractivity contribution in [2.24, 2.45) is 5.92 Å². The Labute approximate surface area is 199 Å². The highest BCUT2D eigenvalue weighted by molar-refractivity contribution is 7.89. The molecule has 0 bridgehead atoms. The van der Waals surface area contributed by atoms with E-state index in [1.54, 1.807) is 19.9 Å². The van der Waals surface area contributed by atoms with Crippen LogP contribution in [0.25, 0.3) is 0 Å². The van der Waals surface area contributed by atoms with Crippen molar-refractivity contribution >= 4 is 27.5 Å². The van der Waals surface area contributed by atoms with Crippen molar-refractivity contribution in [3.63, 3.8) is 0 Å². The standard InChI is InChI=1S/C23H30ClFN2O5S/c1-16(22(32-4)14-26(3)23(29)20-7-5-6-8-21(20)25)13-27(17(2)15-28)33(30,31)19-11-9-18(24)10-12-19/h5-12,16-17,22,28H,13-15H2,1-4H3/t16-,17-,22-/m1/s1. The molecular formula is C23H30ClFN2O5S. The van der Waals surface area contributed by atoms with E-state index in [4.69, 9.17) is 16.3 Å². The molecule has 1 amide bonds. The zero-order chi connectivity index (χ0) is 24.8. The smallest absolute Gasteiger partial charge is 0.256 e. The summed E-state index contributed by atoms with van der Waals surface area (Å²) >= 11 is 5.88. The number of methoxy groups -OCH3 is 1. The van der Waals surface area contributed by atoms with Crippen molar-refractivity contribution in [1.29, 1.82) is 0 Å². The van der Waals surface area contributed by atoms with E-state index in [0.717, 1.165) is 0 Å². The molecule has 1 N–H and O–H groups in total. The Bertz CT molecular complexity index is 1040. The van der Waals surface area contributed by atoms with E-state index in [-0.39, 0.29) is 36.1 Å². The summed E-state index contributed by atoms with van der Waals surface area (Å²) < 4.78 is 47.3. The summed E-state index contributed by atoms with van der Waals surface area (Å²) in [6.45, 7) is 3.18. The molecule has 0 aromatic heterocycles. The lowest BCUT2D eigenvalue weighted by atomic mass is 10.0. The first-order valence-electron chi connectivity index (χ1n) is 10.4. The van der Waals surface area contributed by atoms with Crippen molar-refractivity contribution in [1.82, 2.24) is 9.21 Å². The summed E-state index contributed by atoms with van der Waals surface area (Å²) in [6, 6.07) is 10.8. The number of benzene rings is 2. The number of likely N-dealkylation sites (N-methyl/N-ethyl adjacent to an activating group) is 1. The van der Waals surface area contributed by atoms with Crippen molar-refractivity contribution in [2.45, 2.75) is 30.9 Å². The van der Waals surface area contributed by atoms with Crippen LogP contribution < -0.4 is 0 Å². The third kappa shape index (κ3) is 6.74. The highest BCUT2D eigenvalue weighted by Gasteiger charge is 2.33. The Hall–Kier alpha value is -2.04. The Morgan fingerprint density at radius 1 is 1.12 bits per heavy atom. The molecule has 0 aliphatic carbocycles. The summed E-state index contributed by atoms with van der Waals surface area (Å²) in [5.41, 5.74) is -0.0525. The van der Waals surface area contributed by atoms with Gasteiger partial charge in [0.15, 0.2) is 0 Å². The lowest BCUT2D eigenvalue weighted by molar-refractivity contribution is 0.0220. The fourth-order valence-electron chi connectivity index (χ4n) is 3.43. The van der Waals surface area contributed by atoms with E-state index < -0.39 is 33.9 Å². The number of amides is 1. The van der Waals surface area contributed by atoms with Crippen LogP contribution >= 0.6 is 11.6 Å². The predicted octanol–water partition coefficient (Wildman–Crippen LogP) is 3.27. The molecule has 0 saturated carbocycles. The summed E-state index contributed by atoms with van der Waals surface area (Å²) in [6.07, 6.45) is -0.542. The molecule has 33 heavy (non-hydrogen) atoms. The number of nitrogens with zero attached hydrogens (tertiary/aromatic N) is 2. The number of aliphatic hydroxyl groups excluding tert-OH is 1. The molecule has 0 saturated heterocycles. The zero-order valence-electron chi connectivity index (χ0n) is 19.1. The van der Waals surface area contributed by atoms with Crippen LogP contribution in [-0.4, -0.2) is 74.6 Å². The molecule has 7 nitrogen and oxygen atoms in total.